The molecule has 0 amide bonds. The lowest BCUT2D eigenvalue weighted by Gasteiger charge is -2.23. The maximum Gasteiger partial charge on any atom is 0.0256 e. The van der Waals surface area contributed by atoms with Crippen LogP contribution < -0.4 is 11.5 Å². The minimum atomic E-state index is 0.0300. The van der Waals surface area contributed by atoms with Crippen LogP contribution in [0.2, 0.25) is 0 Å². The van der Waals surface area contributed by atoms with Crippen molar-refractivity contribution in [2.45, 2.75) is 31.8 Å². The van der Waals surface area contributed by atoms with Crippen molar-refractivity contribution in [2.24, 2.45) is 11.5 Å². The highest BCUT2D eigenvalue weighted by Crippen LogP contribution is 2.18. The van der Waals surface area contributed by atoms with Gasteiger partial charge in [0.25, 0.3) is 0 Å². The van der Waals surface area contributed by atoms with Gasteiger partial charge in [0.05, 0.1) is 0 Å². The van der Waals surface area contributed by atoms with Gasteiger partial charge in [0, 0.05) is 12.1 Å². The first-order chi connectivity index (χ1) is 6.13. The van der Waals surface area contributed by atoms with E-state index in [1.807, 2.05) is 25.1 Å². The monoisotopic (exact) mass is 178 g/mol. The van der Waals surface area contributed by atoms with Crippen molar-refractivity contribution in [3.8, 4) is 0 Å². The van der Waals surface area contributed by atoms with Gasteiger partial charge in [-0.2, -0.15) is 0 Å². The molecular weight excluding hydrogens is 160 g/mol. The molecule has 0 heterocycles. The second-order valence-electron chi connectivity index (χ2n) is 3.64. The van der Waals surface area contributed by atoms with Crippen molar-refractivity contribution in [1.29, 1.82) is 0 Å². The van der Waals surface area contributed by atoms with Crippen LogP contribution in [-0.4, -0.2) is 12.1 Å². The van der Waals surface area contributed by atoms with E-state index in [0.29, 0.717) is 5.92 Å². The predicted molar refractivity (Wildman–Crippen MR) is 56.5 cm³/mol. The van der Waals surface area contributed by atoms with Gasteiger partial charge in [0.15, 0.2) is 0 Å². The molecule has 0 aliphatic heterocycles. The van der Waals surface area contributed by atoms with Gasteiger partial charge in [-0.3, -0.25) is 0 Å². The van der Waals surface area contributed by atoms with Crippen molar-refractivity contribution in [2.75, 3.05) is 0 Å². The van der Waals surface area contributed by atoms with Crippen LogP contribution in [0.1, 0.15) is 25.3 Å². The van der Waals surface area contributed by atoms with Gasteiger partial charge in [-0.15, -0.1) is 0 Å². The Bertz CT molecular complexity index is 244. The standard InChI is InChI=1S/C11H18N2/c1-8(11(13)9(2)12)10-6-4-3-5-7-10/h3-9,11H,12-13H2,1-2H3. The van der Waals surface area contributed by atoms with Crippen LogP contribution in [0.3, 0.4) is 0 Å². The molecule has 13 heavy (non-hydrogen) atoms. The van der Waals surface area contributed by atoms with Gasteiger partial charge < -0.3 is 11.5 Å². The molecule has 72 valence electrons. The lowest BCUT2D eigenvalue weighted by Crippen LogP contribution is -2.42. The van der Waals surface area contributed by atoms with E-state index in [-0.39, 0.29) is 12.1 Å². The zero-order valence-electron chi connectivity index (χ0n) is 8.27. The first-order valence-corrected chi connectivity index (χ1v) is 4.69. The molecule has 0 aromatic heterocycles. The quantitative estimate of drug-likeness (QED) is 0.736. The highest BCUT2D eigenvalue weighted by Gasteiger charge is 2.17. The highest BCUT2D eigenvalue weighted by atomic mass is 14.8. The molecule has 1 rings (SSSR count). The zero-order chi connectivity index (χ0) is 9.84. The third kappa shape index (κ3) is 2.54. The predicted octanol–water partition coefficient (Wildman–Crippen LogP) is 1.46. The van der Waals surface area contributed by atoms with Crippen molar-refractivity contribution < 1.29 is 0 Å². The molecule has 4 N–H and O–H groups in total. The summed E-state index contributed by atoms with van der Waals surface area (Å²) in [6.07, 6.45) is 0. The lowest BCUT2D eigenvalue weighted by atomic mass is 9.90. The van der Waals surface area contributed by atoms with E-state index in [4.69, 9.17) is 11.5 Å². The van der Waals surface area contributed by atoms with Crippen LogP contribution in [0.5, 0.6) is 0 Å². The van der Waals surface area contributed by atoms with Crippen molar-refractivity contribution in [3.05, 3.63) is 35.9 Å². The maximum atomic E-state index is 5.97. The molecule has 3 atom stereocenters. The van der Waals surface area contributed by atoms with Crippen molar-refractivity contribution in [3.63, 3.8) is 0 Å². The van der Waals surface area contributed by atoms with Crippen LogP contribution in [0, 0.1) is 0 Å². The fourth-order valence-corrected chi connectivity index (χ4v) is 1.43. The Morgan fingerprint density at radius 1 is 1.00 bits per heavy atom. The Kier molecular flexibility index (Phi) is 3.46. The molecule has 0 saturated heterocycles. The molecule has 3 unspecified atom stereocenters. The fourth-order valence-electron chi connectivity index (χ4n) is 1.43. The minimum Gasteiger partial charge on any atom is -0.327 e. The van der Waals surface area contributed by atoms with E-state index in [1.54, 1.807) is 0 Å². The normalized spacial score (nSPS) is 17.8. The average molecular weight is 178 g/mol. The summed E-state index contributed by atoms with van der Waals surface area (Å²) in [5.41, 5.74) is 13.0. The van der Waals surface area contributed by atoms with Gasteiger partial charge in [-0.05, 0) is 18.4 Å². The Balaban J connectivity index is 2.73. The smallest absolute Gasteiger partial charge is 0.0256 e. The number of nitrogens with two attached hydrogens (primary N) is 2. The highest BCUT2D eigenvalue weighted by molar-refractivity contribution is 5.20. The third-order valence-corrected chi connectivity index (χ3v) is 2.51. The Labute approximate surface area is 79.9 Å². The summed E-state index contributed by atoms with van der Waals surface area (Å²) in [7, 11) is 0. The van der Waals surface area contributed by atoms with Gasteiger partial charge in [-0.1, -0.05) is 37.3 Å². The summed E-state index contributed by atoms with van der Waals surface area (Å²) in [6.45, 7) is 4.06. The molecule has 0 radical (unpaired) electrons. The van der Waals surface area contributed by atoms with E-state index in [0.717, 1.165) is 0 Å². The van der Waals surface area contributed by atoms with Gasteiger partial charge >= 0.3 is 0 Å². The first-order valence-electron chi connectivity index (χ1n) is 4.69. The van der Waals surface area contributed by atoms with Gasteiger partial charge in [0.1, 0.15) is 0 Å². The first kappa shape index (κ1) is 10.2. The molecule has 1 aromatic rings. The molecule has 0 bridgehead atoms. The van der Waals surface area contributed by atoms with Gasteiger partial charge in [-0.25, -0.2) is 0 Å². The zero-order valence-corrected chi connectivity index (χ0v) is 8.27. The van der Waals surface area contributed by atoms with Gasteiger partial charge in [0.2, 0.25) is 0 Å². The molecular formula is C11H18N2. The Morgan fingerprint density at radius 2 is 1.54 bits per heavy atom. The van der Waals surface area contributed by atoms with Crippen molar-refractivity contribution in [1.82, 2.24) is 0 Å². The number of benzene rings is 1. The van der Waals surface area contributed by atoms with Crippen LogP contribution in [-0.2, 0) is 0 Å². The molecule has 0 spiro atoms. The summed E-state index contributed by atoms with van der Waals surface area (Å²) < 4.78 is 0. The SMILES string of the molecule is CC(N)C(N)C(C)c1ccccc1. The van der Waals surface area contributed by atoms with Crippen LogP contribution in [0.25, 0.3) is 0 Å². The van der Waals surface area contributed by atoms with E-state index in [1.165, 1.54) is 5.56 Å². The summed E-state index contributed by atoms with van der Waals surface area (Å²) in [6, 6.07) is 10.3. The van der Waals surface area contributed by atoms with Crippen molar-refractivity contribution >= 4 is 0 Å². The maximum absolute atomic E-state index is 5.97. The fraction of sp³-hybridized carbons (Fsp3) is 0.455. The molecule has 0 aliphatic carbocycles. The molecule has 0 saturated carbocycles. The molecule has 2 nitrogen and oxygen atoms in total. The summed E-state index contributed by atoms with van der Waals surface area (Å²) in [4.78, 5) is 0. The van der Waals surface area contributed by atoms with E-state index in [2.05, 4.69) is 19.1 Å². The topological polar surface area (TPSA) is 52.0 Å². The molecule has 1 aromatic carbocycles. The largest absolute Gasteiger partial charge is 0.327 e. The van der Waals surface area contributed by atoms with E-state index < -0.39 is 0 Å². The number of hydrogen-bond acceptors (Lipinski definition) is 2. The molecule has 0 aliphatic rings. The third-order valence-electron chi connectivity index (χ3n) is 2.51. The Morgan fingerprint density at radius 3 is 2.00 bits per heavy atom. The minimum absolute atomic E-state index is 0.0300. The molecule has 0 fully saturated rings. The molecule has 2 heteroatoms. The lowest BCUT2D eigenvalue weighted by molar-refractivity contribution is 0.489. The van der Waals surface area contributed by atoms with Crippen LogP contribution >= 0.6 is 0 Å². The second kappa shape index (κ2) is 4.40. The summed E-state index contributed by atoms with van der Waals surface area (Å²) >= 11 is 0. The van der Waals surface area contributed by atoms with E-state index >= 15 is 0 Å². The summed E-state index contributed by atoms with van der Waals surface area (Å²) in [5.74, 6) is 0.321. The Hall–Kier alpha value is -0.860. The average Bonchev–Trinajstić information content (AvgIpc) is 2.17. The summed E-state index contributed by atoms with van der Waals surface area (Å²) in [5, 5.41) is 0. The van der Waals surface area contributed by atoms with E-state index in [9.17, 15) is 0 Å². The second-order valence-corrected chi connectivity index (χ2v) is 3.64. The van der Waals surface area contributed by atoms with Crippen LogP contribution in [0.4, 0.5) is 0 Å². The number of rotatable bonds is 3. The van der Waals surface area contributed by atoms with Crippen LogP contribution in [0.15, 0.2) is 30.3 Å². The number of hydrogen-bond donors (Lipinski definition) is 2.